The molecule has 1 heterocycles. The Morgan fingerprint density at radius 2 is 0.667 bits per heavy atom. The third-order valence-electron chi connectivity index (χ3n) is 9.17. The van der Waals surface area contributed by atoms with Crippen LogP contribution in [0.5, 0.6) is 0 Å². The quantitative estimate of drug-likeness (QED) is 0.0798. The van der Waals surface area contributed by atoms with Gasteiger partial charge in [0.05, 0.1) is 0 Å². The van der Waals surface area contributed by atoms with Crippen LogP contribution in [-0.4, -0.2) is 29.1 Å². The van der Waals surface area contributed by atoms with Crippen LogP contribution in [0.3, 0.4) is 0 Å². The summed E-state index contributed by atoms with van der Waals surface area (Å²) >= 11 is 0. The second-order valence-electron chi connectivity index (χ2n) is 12.8. The largest absolute Gasteiger partial charge is 0.356 e. The summed E-state index contributed by atoms with van der Waals surface area (Å²) in [5, 5.41) is 0. The number of hydrogen-bond acceptors (Lipinski definition) is 2. The van der Waals surface area contributed by atoms with E-state index < -0.39 is 0 Å². The summed E-state index contributed by atoms with van der Waals surface area (Å²) in [6.45, 7) is 9.34. The summed E-state index contributed by atoms with van der Waals surface area (Å²) in [6, 6.07) is 0. The van der Waals surface area contributed by atoms with E-state index in [1.54, 1.807) is 0 Å². The van der Waals surface area contributed by atoms with Gasteiger partial charge in [-0.25, -0.2) is 0 Å². The predicted molar refractivity (Wildman–Crippen MR) is 177 cm³/mol. The fourth-order valence-corrected chi connectivity index (χ4v) is 6.44. The summed E-state index contributed by atoms with van der Waals surface area (Å²) in [5.74, 6) is 0. The van der Waals surface area contributed by atoms with Crippen molar-refractivity contribution >= 4 is 0 Å². The lowest BCUT2D eigenvalue weighted by molar-refractivity contribution is 0.142. The standard InChI is InChI=1S/C37H74N2/c1-4-7-9-11-13-15-17-19-20-22-24-26-28-30-32-34-39-36-35-38(6-3)37(39)33-31-29-27-25-23-21-18-16-14-12-10-8-5-2/h35-37H,4-34H2,1-3H3. The predicted octanol–water partition coefficient (Wildman–Crippen LogP) is 12.8. The molecule has 232 valence electrons. The summed E-state index contributed by atoms with van der Waals surface area (Å²) in [6.07, 6.45) is 47.3. The Morgan fingerprint density at radius 1 is 0.359 bits per heavy atom. The highest BCUT2D eigenvalue weighted by Gasteiger charge is 2.23. The Morgan fingerprint density at radius 3 is 1.03 bits per heavy atom. The van der Waals surface area contributed by atoms with Crippen molar-refractivity contribution in [2.75, 3.05) is 13.1 Å². The highest BCUT2D eigenvalue weighted by Crippen LogP contribution is 2.23. The molecule has 0 aromatic carbocycles. The van der Waals surface area contributed by atoms with Crippen molar-refractivity contribution in [2.45, 2.75) is 213 Å². The van der Waals surface area contributed by atoms with E-state index in [0.29, 0.717) is 6.17 Å². The second kappa shape index (κ2) is 28.9. The first kappa shape index (κ1) is 36.4. The van der Waals surface area contributed by atoms with Gasteiger partial charge in [0.1, 0.15) is 6.17 Å². The van der Waals surface area contributed by atoms with Crippen molar-refractivity contribution in [1.29, 1.82) is 0 Å². The van der Waals surface area contributed by atoms with E-state index in [1.807, 2.05) is 0 Å². The molecule has 1 aliphatic heterocycles. The van der Waals surface area contributed by atoms with Crippen LogP contribution in [0.2, 0.25) is 0 Å². The molecule has 0 amide bonds. The minimum Gasteiger partial charge on any atom is -0.356 e. The van der Waals surface area contributed by atoms with E-state index in [0.717, 1.165) is 6.54 Å². The molecular weight excluding hydrogens is 472 g/mol. The van der Waals surface area contributed by atoms with Crippen molar-refractivity contribution in [2.24, 2.45) is 0 Å². The fraction of sp³-hybridized carbons (Fsp3) is 0.946. The van der Waals surface area contributed by atoms with Crippen LogP contribution in [0.15, 0.2) is 12.4 Å². The summed E-state index contributed by atoms with van der Waals surface area (Å²) < 4.78 is 0. The number of nitrogens with zero attached hydrogens (tertiary/aromatic N) is 2. The van der Waals surface area contributed by atoms with E-state index in [-0.39, 0.29) is 0 Å². The molecule has 0 aromatic rings. The SMILES string of the molecule is CCCCCCCCCCCCCCCCCN1C=CN(CC)C1CCCCCCCCCCCCCCC. The van der Waals surface area contributed by atoms with Gasteiger partial charge in [0, 0.05) is 25.5 Å². The lowest BCUT2D eigenvalue weighted by Gasteiger charge is -2.32. The molecule has 0 spiro atoms. The van der Waals surface area contributed by atoms with Gasteiger partial charge in [-0.15, -0.1) is 0 Å². The summed E-state index contributed by atoms with van der Waals surface area (Å²) in [7, 11) is 0. The van der Waals surface area contributed by atoms with Crippen molar-refractivity contribution in [3.8, 4) is 0 Å². The zero-order valence-electron chi connectivity index (χ0n) is 27.5. The molecule has 2 nitrogen and oxygen atoms in total. The lowest BCUT2D eigenvalue weighted by Crippen LogP contribution is -2.38. The smallest absolute Gasteiger partial charge is 0.101 e. The van der Waals surface area contributed by atoms with Crippen molar-refractivity contribution in [1.82, 2.24) is 9.80 Å². The topological polar surface area (TPSA) is 6.48 Å². The van der Waals surface area contributed by atoms with E-state index >= 15 is 0 Å². The van der Waals surface area contributed by atoms with Crippen molar-refractivity contribution in [3.05, 3.63) is 12.4 Å². The van der Waals surface area contributed by atoms with Gasteiger partial charge < -0.3 is 9.80 Å². The fourth-order valence-electron chi connectivity index (χ4n) is 6.44. The zero-order chi connectivity index (χ0) is 28.1. The Hall–Kier alpha value is -0.660. The summed E-state index contributed by atoms with van der Waals surface area (Å²) in [5.41, 5.74) is 0. The molecule has 0 bridgehead atoms. The van der Waals surface area contributed by atoms with Crippen LogP contribution in [0.1, 0.15) is 207 Å². The van der Waals surface area contributed by atoms with Crippen LogP contribution < -0.4 is 0 Å². The van der Waals surface area contributed by atoms with Crippen LogP contribution in [0, 0.1) is 0 Å². The van der Waals surface area contributed by atoms with Crippen LogP contribution in [-0.2, 0) is 0 Å². The van der Waals surface area contributed by atoms with E-state index in [1.165, 1.54) is 193 Å². The number of unbranched alkanes of at least 4 members (excludes halogenated alkanes) is 26. The van der Waals surface area contributed by atoms with Gasteiger partial charge in [0.25, 0.3) is 0 Å². The first-order valence-electron chi connectivity index (χ1n) is 18.5. The van der Waals surface area contributed by atoms with Crippen LogP contribution in [0.4, 0.5) is 0 Å². The average molecular weight is 547 g/mol. The van der Waals surface area contributed by atoms with Crippen LogP contribution in [0.25, 0.3) is 0 Å². The minimum absolute atomic E-state index is 0.634. The molecule has 1 rings (SSSR count). The molecule has 39 heavy (non-hydrogen) atoms. The normalized spacial score (nSPS) is 15.2. The van der Waals surface area contributed by atoms with Crippen LogP contribution >= 0.6 is 0 Å². The van der Waals surface area contributed by atoms with Gasteiger partial charge in [0.15, 0.2) is 0 Å². The van der Waals surface area contributed by atoms with Crippen molar-refractivity contribution in [3.63, 3.8) is 0 Å². The van der Waals surface area contributed by atoms with Gasteiger partial charge in [-0.2, -0.15) is 0 Å². The highest BCUT2D eigenvalue weighted by atomic mass is 15.4. The van der Waals surface area contributed by atoms with E-state index in [9.17, 15) is 0 Å². The van der Waals surface area contributed by atoms with Gasteiger partial charge in [-0.1, -0.05) is 181 Å². The van der Waals surface area contributed by atoms with E-state index in [2.05, 4.69) is 43.0 Å². The monoisotopic (exact) mass is 547 g/mol. The van der Waals surface area contributed by atoms with Gasteiger partial charge >= 0.3 is 0 Å². The molecular formula is C37H74N2. The van der Waals surface area contributed by atoms with E-state index in [4.69, 9.17) is 0 Å². The second-order valence-corrected chi connectivity index (χ2v) is 12.8. The number of rotatable bonds is 31. The molecule has 0 radical (unpaired) electrons. The molecule has 2 heteroatoms. The number of hydrogen-bond donors (Lipinski definition) is 0. The van der Waals surface area contributed by atoms with Gasteiger partial charge in [-0.05, 0) is 26.2 Å². The molecule has 1 atom stereocenters. The zero-order valence-corrected chi connectivity index (χ0v) is 27.5. The third kappa shape index (κ3) is 21.7. The highest BCUT2D eigenvalue weighted by molar-refractivity contribution is 4.96. The molecule has 0 aromatic heterocycles. The maximum atomic E-state index is 2.66. The van der Waals surface area contributed by atoms with Gasteiger partial charge in [-0.3, -0.25) is 0 Å². The molecule has 1 aliphatic rings. The molecule has 0 N–H and O–H groups in total. The summed E-state index contributed by atoms with van der Waals surface area (Å²) in [4.78, 5) is 5.23. The first-order chi connectivity index (χ1) is 19.3. The lowest BCUT2D eigenvalue weighted by atomic mass is 10.0. The molecule has 0 saturated carbocycles. The third-order valence-corrected chi connectivity index (χ3v) is 9.17. The Balaban J connectivity index is 1.93. The molecule has 0 fully saturated rings. The Bertz CT molecular complexity index is 502. The average Bonchev–Trinajstić information content (AvgIpc) is 3.34. The molecule has 1 unspecified atom stereocenters. The molecule has 0 aliphatic carbocycles. The first-order valence-corrected chi connectivity index (χ1v) is 18.5. The maximum absolute atomic E-state index is 2.66. The van der Waals surface area contributed by atoms with Crippen molar-refractivity contribution < 1.29 is 0 Å². The maximum Gasteiger partial charge on any atom is 0.101 e. The Labute approximate surface area is 248 Å². The Kier molecular flexibility index (Phi) is 26.9. The minimum atomic E-state index is 0.634. The van der Waals surface area contributed by atoms with Gasteiger partial charge in [0.2, 0.25) is 0 Å². The molecule has 0 saturated heterocycles.